The first-order valence-electron chi connectivity index (χ1n) is 5.64. The van der Waals surface area contributed by atoms with Crippen LogP contribution in [-0.2, 0) is 6.54 Å². The van der Waals surface area contributed by atoms with Gasteiger partial charge in [-0.1, -0.05) is 12.1 Å². The van der Waals surface area contributed by atoms with Crippen LogP contribution in [0.15, 0.2) is 47.1 Å². The lowest BCUT2D eigenvalue weighted by Crippen LogP contribution is -2.17. The van der Waals surface area contributed by atoms with Crippen LogP contribution < -0.4 is 9.64 Å². The van der Waals surface area contributed by atoms with E-state index in [1.54, 1.807) is 13.3 Å². The number of methoxy groups -OCH3 is 1. The summed E-state index contributed by atoms with van der Waals surface area (Å²) in [5, 5.41) is 0. The molecular formula is C14H15BrN2O. The Kier molecular flexibility index (Phi) is 4.20. The first kappa shape index (κ1) is 12.9. The summed E-state index contributed by atoms with van der Waals surface area (Å²) >= 11 is 3.38. The molecule has 0 aliphatic heterocycles. The SMILES string of the molecule is COc1cccc(CN(C)c2ccc(Br)cn2)c1. The van der Waals surface area contributed by atoms with Gasteiger partial charge in [-0.25, -0.2) is 4.98 Å². The number of halogens is 1. The molecule has 2 rings (SSSR count). The second-order valence-corrected chi connectivity index (χ2v) is 4.96. The third kappa shape index (κ3) is 3.23. The molecule has 0 saturated carbocycles. The molecule has 0 aliphatic carbocycles. The number of aromatic nitrogens is 1. The van der Waals surface area contributed by atoms with E-state index in [-0.39, 0.29) is 0 Å². The topological polar surface area (TPSA) is 25.4 Å². The van der Waals surface area contributed by atoms with Gasteiger partial charge in [-0.3, -0.25) is 0 Å². The Labute approximate surface area is 116 Å². The predicted octanol–water partition coefficient (Wildman–Crippen LogP) is 3.49. The van der Waals surface area contributed by atoms with E-state index in [1.165, 1.54) is 5.56 Å². The molecule has 0 N–H and O–H groups in total. The number of ether oxygens (including phenoxy) is 1. The Hall–Kier alpha value is -1.55. The van der Waals surface area contributed by atoms with Crippen molar-refractivity contribution in [3.8, 4) is 5.75 Å². The molecule has 4 heteroatoms. The summed E-state index contributed by atoms with van der Waals surface area (Å²) < 4.78 is 6.20. The number of benzene rings is 1. The smallest absolute Gasteiger partial charge is 0.128 e. The maximum atomic E-state index is 5.22. The molecule has 0 atom stereocenters. The van der Waals surface area contributed by atoms with Crippen LogP contribution in [0.1, 0.15) is 5.56 Å². The second-order valence-electron chi connectivity index (χ2n) is 4.04. The Morgan fingerprint density at radius 1 is 1.28 bits per heavy atom. The predicted molar refractivity (Wildman–Crippen MR) is 77.0 cm³/mol. The summed E-state index contributed by atoms with van der Waals surface area (Å²) in [5.74, 6) is 1.82. The van der Waals surface area contributed by atoms with Gasteiger partial charge in [-0.05, 0) is 45.8 Å². The third-order valence-corrected chi connectivity index (χ3v) is 3.13. The zero-order valence-electron chi connectivity index (χ0n) is 10.4. The van der Waals surface area contributed by atoms with Crippen molar-refractivity contribution in [3.63, 3.8) is 0 Å². The highest BCUT2D eigenvalue weighted by Crippen LogP contribution is 2.18. The van der Waals surface area contributed by atoms with E-state index < -0.39 is 0 Å². The van der Waals surface area contributed by atoms with Gasteiger partial charge in [0.25, 0.3) is 0 Å². The van der Waals surface area contributed by atoms with Gasteiger partial charge in [0.15, 0.2) is 0 Å². The van der Waals surface area contributed by atoms with E-state index in [9.17, 15) is 0 Å². The van der Waals surface area contributed by atoms with Gasteiger partial charge in [0.1, 0.15) is 11.6 Å². The highest BCUT2D eigenvalue weighted by atomic mass is 79.9. The average molecular weight is 307 g/mol. The Bertz CT molecular complexity index is 513. The van der Waals surface area contributed by atoms with Crippen molar-refractivity contribution in [3.05, 3.63) is 52.6 Å². The van der Waals surface area contributed by atoms with Gasteiger partial charge in [-0.15, -0.1) is 0 Å². The first-order chi connectivity index (χ1) is 8.69. The summed E-state index contributed by atoms with van der Waals surface area (Å²) in [6, 6.07) is 12.0. The summed E-state index contributed by atoms with van der Waals surface area (Å²) in [5.41, 5.74) is 1.20. The highest BCUT2D eigenvalue weighted by Gasteiger charge is 2.04. The average Bonchev–Trinajstić information content (AvgIpc) is 2.39. The monoisotopic (exact) mass is 306 g/mol. The largest absolute Gasteiger partial charge is 0.497 e. The summed E-state index contributed by atoms with van der Waals surface area (Å²) in [4.78, 5) is 6.46. The number of hydrogen-bond acceptors (Lipinski definition) is 3. The maximum absolute atomic E-state index is 5.22. The zero-order chi connectivity index (χ0) is 13.0. The molecule has 94 valence electrons. The third-order valence-electron chi connectivity index (χ3n) is 2.66. The van der Waals surface area contributed by atoms with Crippen LogP contribution in [0.4, 0.5) is 5.82 Å². The van der Waals surface area contributed by atoms with Crippen molar-refractivity contribution >= 4 is 21.7 Å². The van der Waals surface area contributed by atoms with Gasteiger partial charge < -0.3 is 9.64 Å². The summed E-state index contributed by atoms with van der Waals surface area (Å²) in [7, 11) is 3.70. The number of anilines is 1. The van der Waals surface area contributed by atoms with Crippen molar-refractivity contribution in [2.24, 2.45) is 0 Å². The Balaban J connectivity index is 2.10. The second kappa shape index (κ2) is 5.87. The molecule has 0 unspecified atom stereocenters. The van der Waals surface area contributed by atoms with Gasteiger partial charge in [0.05, 0.1) is 7.11 Å². The number of hydrogen-bond donors (Lipinski definition) is 0. The molecule has 0 fully saturated rings. The van der Waals surface area contributed by atoms with E-state index in [4.69, 9.17) is 4.74 Å². The minimum atomic E-state index is 0.797. The lowest BCUT2D eigenvalue weighted by Gasteiger charge is -2.18. The summed E-state index contributed by atoms with van der Waals surface area (Å²) in [6.07, 6.45) is 1.80. The minimum absolute atomic E-state index is 0.797. The quantitative estimate of drug-likeness (QED) is 0.864. The maximum Gasteiger partial charge on any atom is 0.128 e. The van der Waals surface area contributed by atoms with Crippen molar-refractivity contribution in [2.75, 3.05) is 19.1 Å². The fraction of sp³-hybridized carbons (Fsp3) is 0.214. The molecule has 0 bridgehead atoms. The van der Waals surface area contributed by atoms with Crippen LogP contribution in [0.2, 0.25) is 0 Å². The van der Waals surface area contributed by atoms with Crippen molar-refractivity contribution in [1.29, 1.82) is 0 Å². The van der Waals surface area contributed by atoms with Crippen molar-refractivity contribution in [1.82, 2.24) is 4.98 Å². The molecule has 0 saturated heterocycles. The number of rotatable bonds is 4. The molecule has 3 nitrogen and oxygen atoms in total. The van der Waals surface area contributed by atoms with Crippen LogP contribution in [0.3, 0.4) is 0 Å². The van der Waals surface area contributed by atoms with Crippen LogP contribution in [0, 0.1) is 0 Å². The lowest BCUT2D eigenvalue weighted by molar-refractivity contribution is 0.414. The molecule has 0 amide bonds. The molecule has 1 heterocycles. The molecule has 2 aromatic rings. The Morgan fingerprint density at radius 2 is 2.11 bits per heavy atom. The number of nitrogens with zero attached hydrogens (tertiary/aromatic N) is 2. The highest BCUT2D eigenvalue weighted by molar-refractivity contribution is 9.10. The van der Waals surface area contributed by atoms with Crippen molar-refractivity contribution in [2.45, 2.75) is 6.54 Å². The summed E-state index contributed by atoms with van der Waals surface area (Å²) in [6.45, 7) is 0.797. The first-order valence-corrected chi connectivity index (χ1v) is 6.44. The van der Waals surface area contributed by atoms with Crippen LogP contribution in [0.25, 0.3) is 0 Å². The standard InChI is InChI=1S/C14H15BrN2O/c1-17(14-7-6-12(15)9-16-14)10-11-4-3-5-13(8-11)18-2/h3-9H,10H2,1-2H3. The zero-order valence-corrected chi connectivity index (χ0v) is 12.0. The van der Waals surface area contributed by atoms with E-state index in [2.05, 4.69) is 31.9 Å². The number of pyridine rings is 1. The van der Waals surface area contributed by atoms with Crippen molar-refractivity contribution < 1.29 is 4.74 Å². The van der Waals surface area contributed by atoms with Gasteiger partial charge in [-0.2, -0.15) is 0 Å². The molecule has 18 heavy (non-hydrogen) atoms. The minimum Gasteiger partial charge on any atom is -0.497 e. The van der Waals surface area contributed by atoms with Gasteiger partial charge in [0.2, 0.25) is 0 Å². The molecule has 0 aliphatic rings. The van der Waals surface area contributed by atoms with Crippen LogP contribution in [0.5, 0.6) is 5.75 Å². The van der Waals surface area contributed by atoms with Gasteiger partial charge in [0, 0.05) is 24.3 Å². The van der Waals surface area contributed by atoms with E-state index >= 15 is 0 Å². The lowest BCUT2D eigenvalue weighted by atomic mass is 10.2. The van der Waals surface area contributed by atoms with Gasteiger partial charge >= 0.3 is 0 Å². The van der Waals surface area contributed by atoms with Crippen LogP contribution >= 0.6 is 15.9 Å². The molecule has 1 aromatic heterocycles. The van der Waals surface area contributed by atoms with E-state index in [1.807, 2.05) is 37.4 Å². The Morgan fingerprint density at radius 3 is 2.78 bits per heavy atom. The molecule has 0 radical (unpaired) electrons. The molecule has 0 spiro atoms. The normalized spacial score (nSPS) is 10.2. The van der Waals surface area contributed by atoms with E-state index in [0.29, 0.717) is 0 Å². The fourth-order valence-electron chi connectivity index (χ4n) is 1.72. The van der Waals surface area contributed by atoms with E-state index in [0.717, 1.165) is 22.6 Å². The molecule has 1 aromatic carbocycles. The van der Waals surface area contributed by atoms with Crippen LogP contribution in [-0.4, -0.2) is 19.1 Å². The molecular weight excluding hydrogens is 292 g/mol. The fourth-order valence-corrected chi connectivity index (χ4v) is 1.95.